The third-order valence-electron chi connectivity index (χ3n) is 3.91. The summed E-state index contributed by atoms with van der Waals surface area (Å²) in [6.07, 6.45) is 9.67. The van der Waals surface area contributed by atoms with Crippen molar-refractivity contribution in [3.05, 3.63) is 30.9 Å². The average Bonchev–Trinajstić information content (AvgIpc) is 3.01. The van der Waals surface area contributed by atoms with Crippen LogP contribution in [0.1, 0.15) is 26.7 Å². The summed E-state index contributed by atoms with van der Waals surface area (Å²) >= 11 is 0. The molecule has 3 rings (SSSR count). The van der Waals surface area contributed by atoms with Crippen molar-refractivity contribution in [3.8, 4) is 5.88 Å². The lowest BCUT2D eigenvalue weighted by Gasteiger charge is -2.33. The van der Waals surface area contributed by atoms with E-state index in [1.54, 1.807) is 12.4 Å². The highest BCUT2D eigenvalue weighted by Gasteiger charge is 2.23. The first-order valence-electron chi connectivity index (χ1n) is 7.92. The number of ether oxygens (including phenoxy) is 1. The fourth-order valence-corrected chi connectivity index (χ4v) is 2.84. The highest BCUT2D eigenvalue weighted by molar-refractivity contribution is 5.48. The Bertz CT molecular complexity index is 576. The van der Waals surface area contributed by atoms with E-state index in [2.05, 4.69) is 20.0 Å². The molecule has 2 aromatic rings. The molecule has 1 aliphatic heterocycles. The molecule has 1 saturated heterocycles. The number of hydrogen-bond donors (Lipinski definition) is 0. The van der Waals surface area contributed by atoms with E-state index in [9.17, 15) is 0 Å². The molecular weight excluding hydrogens is 278 g/mol. The van der Waals surface area contributed by atoms with E-state index in [-0.39, 0.29) is 6.10 Å². The molecule has 6 nitrogen and oxygen atoms in total. The van der Waals surface area contributed by atoms with Gasteiger partial charge in [0.1, 0.15) is 0 Å². The molecule has 0 atom stereocenters. The van der Waals surface area contributed by atoms with E-state index in [1.807, 2.05) is 37.0 Å². The lowest BCUT2D eigenvalue weighted by Crippen LogP contribution is -2.36. The molecule has 0 bridgehead atoms. The second-order valence-electron chi connectivity index (χ2n) is 6.01. The summed E-state index contributed by atoms with van der Waals surface area (Å²) in [5.74, 6) is 2.18. The summed E-state index contributed by atoms with van der Waals surface area (Å²) < 4.78 is 7.80. The minimum Gasteiger partial charge on any atom is -0.472 e. The Morgan fingerprint density at radius 1 is 1.18 bits per heavy atom. The monoisotopic (exact) mass is 301 g/mol. The maximum Gasteiger partial charge on any atom is 0.257 e. The van der Waals surface area contributed by atoms with Crippen molar-refractivity contribution < 1.29 is 4.74 Å². The van der Waals surface area contributed by atoms with E-state index < -0.39 is 0 Å². The van der Waals surface area contributed by atoms with Gasteiger partial charge >= 0.3 is 0 Å². The Balaban J connectivity index is 1.61. The van der Waals surface area contributed by atoms with Crippen LogP contribution in [0.25, 0.3) is 0 Å². The molecule has 0 radical (unpaired) electrons. The molecule has 0 unspecified atom stereocenters. The zero-order valence-electron chi connectivity index (χ0n) is 13.2. The first-order chi connectivity index (χ1) is 10.7. The second-order valence-corrected chi connectivity index (χ2v) is 6.01. The topological polar surface area (TPSA) is 56.1 Å². The third kappa shape index (κ3) is 3.55. The van der Waals surface area contributed by atoms with Crippen LogP contribution in [0.2, 0.25) is 0 Å². The summed E-state index contributed by atoms with van der Waals surface area (Å²) in [4.78, 5) is 11.1. The molecule has 118 valence electrons. The van der Waals surface area contributed by atoms with Gasteiger partial charge in [-0.05, 0) is 38.7 Å². The number of nitrogens with zero attached hydrogens (tertiary/aromatic N) is 5. The second kappa shape index (κ2) is 6.77. The third-order valence-corrected chi connectivity index (χ3v) is 3.91. The fourth-order valence-electron chi connectivity index (χ4n) is 2.84. The van der Waals surface area contributed by atoms with E-state index in [1.165, 1.54) is 0 Å². The van der Waals surface area contributed by atoms with Gasteiger partial charge < -0.3 is 9.64 Å². The lowest BCUT2D eigenvalue weighted by atomic mass is 9.97. The zero-order valence-corrected chi connectivity index (χ0v) is 13.2. The van der Waals surface area contributed by atoms with Crippen molar-refractivity contribution in [1.29, 1.82) is 0 Å². The smallest absolute Gasteiger partial charge is 0.257 e. The van der Waals surface area contributed by atoms with Gasteiger partial charge in [-0.3, -0.25) is 4.68 Å². The van der Waals surface area contributed by atoms with Crippen molar-refractivity contribution in [2.24, 2.45) is 5.92 Å². The van der Waals surface area contributed by atoms with Crippen molar-refractivity contribution in [2.75, 3.05) is 18.0 Å². The SMILES string of the molecule is CC(C)Oc1nccnc1N1CCC(Cn2cccn2)CC1. The molecule has 0 amide bonds. The first-order valence-corrected chi connectivity index (χ1v) is 7.92. The van der Waals surface area contributed by atoms with Crippen LogP contribution in [0.3, 0.4) is 0 Å². The summed E-state index contributed by atoms with van der Waals surface area (Å²) in [5, 5.41) is 4.30. The number of aromatic nitrogens is 4. The van der Waals surface area contributed by atoms with Crippen molar-refractivity contribution >= 4 is 5.82 Å². The standard InChI is InChI=1S/C16H23N5O/c1-13(2)22-16-15(17-7-8-18-16)20-10-4-14(5-11-20)12-21-9-3-6-19-21/h3,6-9,13-14H,4-5,10-12H2,1-2H3. The van der Waals surface area contributed by atoms with Gasteiger partial charge in [-0.25, -0.2) is 9.97 Å². The molecular formula is C16H23N5O. The van der Waals surface area contributed by atoms with Crippen LogP contribution in [0.5, 0.6) is 5.88 Å². The molecule has 0 spiro atoms. The Labute approximate surface area is 131 Å². The first kappa shape index (κ1) is 14.8. The van der Waals surface area contributed by atoms with Gasteiger partial charge in [-0.2, -0.15) is 5.10 Å². The van der Waals surface area contributed by atoms with Crippen molar-refractivity contribution in [2.45, 2.75) is 39.3 Å². The van der Waals surface area contributed by atoms with Crippen molar-refractivity contribution in [1.82, 2.24) is 19.7 Å². The van der Waals surface area contributed by atoms with Crippen LogP contribution in [0, 0.1) is 5.92 Å². The van der Waals surface area contributed by atoms with Gasteiger partial charge in [0.2, 0.25) is 0 Å². The molecule has 2 aromatic heterocycles. The molecule has 22 heavy (non-hydrogen) atoms. The normalized spacial score (nSPS) is 16.2. The van der Waals surface area contributed by atoms with Gasteiger partial charge in [-0.15, -0.1) is 0 Å². The molecule has 1 aliphatic rings. The predicted octanol–water partition coefficient (Wildman–Crippen LogP) is 2.38. The Hall–Kier alpha value is -2.11. The molecule has 1 fully saturated rings. The zero-order chi connectivity index (χ0) is 15.4. The van der Waals surface area contributed by atoms with Gasteiger partial charge in [0.15, 0.2) is 5.82 Å². The van der Waals surface area contributed by atoms with Crippen LogP contribution in [-0.4, -0.2) is 38.9 Å². The van der Waals surface area contributed by atoms with Crippen LogP contribution in [-0.2, 0) is 6.54 Å². The number of hydrogen-bond acceptors (Lipinski definition) is 5. The summed E-state index contributed by atoms with van der Waals surface area (Å²) in [7, 11) is 0. The van der Waals surface area contributed by atoms with Gasteiger partial charge in [0.05, 0.1) is 6.10 Å². The molecule has 0 aliphatic carbocycles. The Kier molecular flexibility index (Phi) is 4.56. The van der Waals surface area contributed by atoms with Gasteiger partial charge in [-0.1, -0.05) is 0 Å². The lowest BCUT2D eigenvalue weighted by molar-refractivity contribution is 0.231. The maximum atomic E-state index is 5.78. The quantitative estimate of drug-likeness (QED) is 0.848. The molecule has 3 heterocycles. The molecule has 6 heteroatoms. The average molecular weight is 301 g/mol. The highest BCUT2D eigenvalue weighted by Crippen LogP contribution is 2.28. The van der Waals surface area contributed by atoms with E-state index in [4.69, 9.17) is 4.74 Å². The Morgan fingerprint density at radius 3 is 2.64 bits per heavy atom. The summed E-state index contributed by atoms with van der Waals surface area (Å²) in [6.45, 7) is 6.98. The number of rotatable bonds is 5. The minimum absolute atomic E-state index is 0.104. The molecule has 0 saturated carbocycles. The van der Waals surface area contributed by atoms with Crippen LogP contribution in [0.4, 0.5) is 5.82 Å². The number of anilines is 1. The highest BCUT2D eigenvalue weighted by atomic mass is 16.5. The van der Waals surface area contributed by atoms with Crippen LogP contribution in [0.15, 0.2) is 30.9 Å². The maximum absolute atomic E-state index is 5.78. The summed E-state index contributed by atoms with van der Waals surface area (Å²) in [6, 6.07) is 1.98. The summed E-state index contributed by atoms with van der Waals surface area (Å²) in [5.41, 5.74) is 0. The van der Waals surface area contributed by atoms with Gasteiger partial charge in [0.25, 0.3) is 5.88 Å². The Morgan fingerprint density at radius 2 is 1.95 bits per heavy atom. The van der Waals surface area contributed by atoms with Crippen LogP contribution >= 0.6 is 0 Å². The molecule has 0 aromatic carbocycles. The van der Waals surface area contributed by atoms with E-state index in [0.29, 0.717) is 11.8 Å². The number of piperidine rings is 1. The van der Waals surface area contributed by atoms with Crippen molar-refractivity contribution in [3.63, 3.8) is 0 Å². The minimum atomic E-state index is 0.104. The van der Waals surface area contributed by atoms with E-state index >= 15 is 0 Å². The van der Waals surface area contributed by atoms with E-state index in [0.717, 1.165) is 38.3 Å². The van der Waals surface area contributed by atoms with Gasteiger partial charge in [0, 0.05) is 44.4 Å². The molecule has 0 N–H and O–H groups in total. The largest absolute Gasteiger partial charge is 0.472 e. The predicted molar refractivity (Wildman–Crippen MR) is 85.0 cm³/mol. The van der Waals surface area contributed by atoms with Crippen LogP contribution < -0.4 is 9.64 Å². The fraction of sp³-hybridized carbons (Fsp3) is 0.562.